The van der Waals surface area contributed by atoms with E-state index in [4.69, 9.17) is 0 Å². The Morgan fingerprint density at radius 2 is 1.86 bits per heavy atom. The molecule has 0 aliphatic carbocycles. The molecule has 1 atom stereocenters. The third kappa shape index (κ3) is 7.61. The van der Waals surface area contributed by atoms with Crippen LogP contribution >= 0.6 is 15.9 Å². The van der Waals surface area contributed by atoms with Crippen LogP contribution in [-0.2, 0) is 4.79 Å². The fourth-order valence-corrected chi connectivity index (χ4v) is 4.15. The smallest absolute Gasteiger partial charge is 0.253 e. The Hall–Kier alpha value is -3.76. The highest BCUT2D eigenvalue weighted by molar-refractivity contribution is 9.10. The van der Waals surface area contributed by atoms with Crippen molar-refractivity contribution in [3.8, 4) is 0 Å². The quantitative estimate of drug-likeness (QED) is 0.332. The molecule has 1 aromatic heterocycles. The summed E-state index contributed by atoms with van der Waals surface area (Å²) in [4.78, 5) is 37.8. The molecular formula is C27H30BrN7O2. The summed E-state index contributed by atoms with van der Waals surface area (Å²) in [5.41, 5.74) is 2.15. The second-order valence-electron chi connectivity index (χ2n) is 8.99. The largest absolute Gasteiger partial charge is 0.350 e. The second-order valence-corrected chi connectivity index (χ2v) is 9.85. The summed E-state index contributed by atoms with van der Waals surface area (Å²) in [7, 11) is 3.87. The van der Waals surface area contributed by atoms with Gasteiger partial charge in [0.2, 0.25) is 11.9 Å². The van der Waals surface area contributed by atoms with Gasteiger partial charge in [-0.2, -0.15) is 4.98 Å². The van der Waals surface area contributed by atoms with Gasteiger partial charge >= 0.3 is 0 Å². The van der Waals surface area contributed by atoms with Gasteiger partial charge in [0.05, 0.1) is 4.47 Å². The molecule has 0 bridgehead atoms. The molecule has 2 heterocycles. The van der Waals surface area contributed by atoms with Crippen LogP contribution in [0.4, 0.5) is 23.1 Å². The van der Waals surface area contributed by atoms with Gasteiger partial charge in [-0.3, -0.25) is 9.59 Å². The third-order valence-corrected chi connectivity index (χ3v) is 6.31. The van der Waals surface area contributed by atoms with Gasteiger partial charge < -0.3 is 25.8 Å². The van der Waals surface area contributed by atoms with Gasteiger partial charge in [-0.15, -0.1) is 0 Å². The molecular weight excluding hydrogens is 534 g/mol. The van der Waals surface area contributed by atoms with E-state index in [-0.39, 0.29) is 17.9 Å². The van der Waals surface area contributed by atoms with Gasteiger partial charge in [0, 0.05) is 54.9 Å². The normalized spacial score (nSPS) is 15.2. The minimum atomic E-state index is -0.202. The number of hydrogen-bond donors (Lipinski definition) is 3. The molecule has 10 heteroatoms. The number of rotatable bonds is 9. The molecule has 2 aromatic carbocycles. The average molecular weight is 564 g/mol. The zero-order valence-corrected chi connectivity index (χ0v) is 22.4. The molecule has 192 valence electrons. The molecule has 0 unspecified atom stereocenters. The Labute approximate surface area is 225 Å². The van der Waals surface area contributed by atoms with Crippen LogP contribution in [0.25, 0.3) is 0 Å². The molecule has 0 radical (unpaired) electrons. The maximum absolute atomic E-state index is 13.0. The van der Waals surface area contributed by atoms with Gasteiger partial charge in [-0.05, 0) is 72.8 Å². The number of para-hydroxylation sites is 1. The Kier molecular flexibility index (Phi) is 8.86. The average Bonchev–Trinajstić information content (AvgIpc) is 3.35. The molecule has 2 amide bonds. The van der Waals surface area contributed by atoms with Gasteiger partial charge in [-0.25, -0.2) is 4.98 Å². The molecule has 0 spiro atoms. The van der Waals surface area contributed by atoms with E-state index in [9.17, 15) is 9.59 Å². The summed E-state index contributed by atoms with van der Waals surface area (Å²) in [6.45, 7) is 1.87. The van der Waals surface area contributed by atoms with E-state index in [0.717, 1.165) is 16.6 Å². The van der Waals surface area contributed by atoms with Crippen molar-refractivity contribution < 1.29 is 9.59 Å². The fraction of sp³-hybridized carbons (Fsp3) is 0.259. The molecule has 4 rings (SSSR count). The van der Waals surface area contributed by atoms with E-state index in [1.165, 1.54) is 6.08 Å². The summed E-state index contributed by atoms with van der Waals surface area (Å²) in [6, 6.07) is 16.8. The van der Waals surface area contributed by atoms with Gasteiger partial charge in [-0.1, -0.05) is 24.3 Å². The van der Waals surface area contributed by atoms with Crippen molar-refractivity contribution in [2.45, 2.75) is 12.5 Å². The van der Waals surface area contributed by atoms with E-state index >= 15 is 0 Å². The molecule has 3 aromatic rings. The first-order chi connectivity index (χ1) is 17.9. The third-order valence-electron chi connectivity index (χ3n) is 5.73. The maximum Gasteiger partial charge on any atom is 0.253 e. The van der Waals surface area contributed by atoms with Crippen LogP contribution in [0, 0.1) is 0 Å². The van der Waals surface area contributed by atoms with E-state index in [0.29, 0.717) is 42.7 Å². The minimum absolute atomic E-state index is 0.0437. The number of carbonyl (C=O) groups is 2. The Morgan fingerprint density at radius 3 is 2.59 bits per heavy atom. The molecule has 1 aliphatic rings. The van der Waals surface area contributed by atoms with Crippen LogP contribution in [0.15, 0.2) is 77.4 Å². The lowest BCUT2D eigenvalue weighted by molar-refractivity contribution is -0.111. The Morgan fingerprint density at radius 1 is 1.11 bits per heavy atom. The minimum Gasteiger partial charge on any atom is -0.350 e. The number of benzene rings is 2. The first-order valence-electron chi connectivity index (χ1n) is 12.0. The molecule has 37 heavy (non-hydrogen) atoms. The number of nitrogens with one attached hydrogen (secondary N) is 3. The first kappa shape index (κ1) is 26.3. The molecule has 0 saturated carbocycles. The fourth-order valence-electron chi connectivity index (χ4n) is 3.86. The standard InChI is InChI=1S/C27H30BrN7O2/c1-34(2)15-6-9-24(36)30-21-12-10-19(11-13-21)26(37)35-16-14-22(18-35)32-27-29-17-23(28)25(33-27)31-20-7-4-3-5-8-20/h3-13,17,22H,14-16,18H2,1-2H3,(H,30,36)(H2,29,31,32,33)/b9-6+/t22-/m1/s1. The van der Waals surface area contributed by atoms with Crippen LogP contribution in [0.1, 0.15) is 16.8 Å². The highest BCUT2D eigenvalue weighted by atomic mass is 79.9. The number of amides is 2. The lowest BCUT2D eigenvalue weighted by Crippen LogP contribution is -2.31. The van der Waals surface area contributed by atoms with Gasteiger partial charge in [0.25, 0.3) is 5.91 Å². The molecule has 3 N–H and O–H groups in total. The van der Waals surface area contributed by atoms with Crippen molar-refractivity contribution in [2.24, 2.45) is 0 Å². The zero-order chi connectivity index (χ0) is 26.2. The number of halogens is 1. The summed E-state index contributed by atoms with van der Waals surface area (Å²) < 4.78 is 0.759. The van der Waals surface area contributed by atoms with Crippen molar-refractivity contribution in [2.75, 3.05) is 49.7 Å². The molecule has 1 saturated heterocycles. The predicted molar refractivity (Wildman–Crippen MR) is 150 cm³/mol. The highest BCUT2D eigenvalue weighted by Gasteiger charge is 2.27. The number of likely N-dealkylation sites (N-methyl/N-ethyl adjacent to an activating group) is 1. The molecule has 1 aliphatic heterocycles. The number of aromatic nitrogens is 2. The van der Waals surface area contributed by atoms with Gasteiger partial charge in [0.1, 0.15) is 5.82 Å². The summed E-state index contributed by atoms with van der Waals surface area (Å²) >= 11 is 3.49. The highest BCUT2D eigenvalue weighted by Crippen LogP contribution is 2.25. The molecule has 1 fully saturated rings. The number of carbonyl (C=O) groups excluding carboxylic acids is 2. The maximum atomic E-state index is 13.0. The first-order valence-corrected chi connectivity index (χ1v) is 12.8. The second kappa shape index (κ2) is 12.5. The number of nitrogens with zero attached hydrogens (tertiary/aromatic N) is 4. The summed E-state index contributed by atoms with van der Waals surface area (Å²) in [6.07, 6.45) is 5.80. The van der Waals surface area contributed by atoms with E-state index in [2.05, 4.69) is 41.8 Å². The van der Waals surface area contributed by atoms with E-state index in [1.54, 1.807) is 36.5 Å². The molecule has 9 nitrogen and oxygen atoms in total. The van der Waals surface area contributed by atoms with Crippen molar-refractivity contribution >= 4 is 50.9 Å². The summed E-state index contributed by atoms with van der Waals surface area (Å²) in [5, 5.41) is 9.44. The zero-order valence-electron chi connectivity index (χ0n) is 20.8. The van der Waals surface area contributed by atoms with Crippen molar-refractivity contribution in [3.05, 3.63) is 83.0 Å². The Bertz CT molecular complexity index is 1250. The lowest BCUT2D eigenvalue weighted by Gasteiger charge is -2.18. The van der Waals surface area contributed by atoms with E-state index < -0.39 is 0 Å². The Balaban J connectivity index is 1.31. The van der Waals surface area contributed by atoms with Crippen molar-refractivity contribution in [3.63, 3.8) is 0 Å². The van der Waals surface area contributed by atoms with E-state index in [1.807, 2.05) is 54.2 Å². The van der Waals surface area contributed by atoms with Gasteiger partial charge in [0.15, 0.2) is 0 Å². The number of likely N-dealkylation sites (tertiary alicyclic amines) is 1. The van der Waals surface area contributed by atoms with Crippen LogP contribution in [0.5, 0.6) is 0 Å². The number of hydrogen-bond acceptors (Lipinski definition) is 7. The monoisotopic (exact) mass is 563 g/mol. The topological polar surface area (TPSA) is 102 Å². The summed E-state index contributed by atoms with van der Waals surface area (Å²) in [5.74, 6) is 0.915. The van der Waals surface area contributed by atoms with Crippen LogP contribution in [0.2, 0.25) is 0 Å². The van der Waals surface area contributed by atoms with Crippen LogP contribution in [-0.4, -0.2) is 71.4 Å². The number of anilines is 4. The lowest BCUT2D eigenvalue weighted by atomic mass is 10.2. The van der Waals surface area contributed by atoms with Crippen molar-refractivity contribution in [1.29, 1.82) is 0 Å². The van der Waals surface area contributed by atoms with Crippen molar-refractivity contribution in [1.82, 2.24) is 19.8 Å². The predicted octanol–water partition coefficient (Wildman–Crippen LogP) is 4.37. The van der Waals surface area contributed by atoms with Crippen LogP contribution in [0.3, 0.4) is 0 Å². The van der Waals surface area contributed by atoms with Crippen LogP contribution < -0.4 is 16.0 Å². The SMILES string of the molecule is CN(C)C/C=C/C(=O)Nc1ccc(C(=O)N2CC[C@@H](Nc3ncc(Br)c(Nc4ccccc4)n3)C2)cc1.